The highest BCUT2D eigenvalue weighted by Gasteiger charge is 2.31. The lowest BCUT2D eigenvalue weighted by Gasteiger charge is -2.30. The van der Waals surface area contributed by atoms with Crippen LogP contribution in [0.15, 0.2) is 60.8 Å². The Balaban J connectivity index is 1.11. The molecule has 1 aromatic heterocycles. The van der Waals surface area contributed by atoms with E-state index in [2.05, 4.69) is 49.9 Å². The summed E-state index contributed by atoms with van der Waals surface area (Å²) in [6.45, 7) is 4.11. The number of aromatic nitrogens is 2. The molecule has 206 valence electrons. The Bertz CT molecular complexity index is 1340. The zero-order chi connectivity index (χ0) is 27.6. The summed E-state index contributed by atoms with van der Waals surface area (Å²) in [5, 5.41) is 11.0. The molecule has 2 aromatic carbocycles. The van der Waals surface area contributed by atoms with Crippen LogP contribution in [0.2, 0.25) is 0 Å². The van der Waals surface area contributed by atoms with Crippen molar-refractivity contribution in [2.24, 2.45) is 0 Å². The Morgan fingerprint density at radius 3 is 2.51 bits per heavy atom. The fraction of sp³-hybridized carbons (Fsp3) is 0.370. The van der Waals surface area contributed by atoms with E-state index in [0.717, 1.165) is 42.8 Å². The van der Waals surface area contributed by atoms with Crippen LogP contribution < -0.4 is 9.47 Å². The minimum atomic E-state index is -4.69. The normalized spacial score (nSPS) is 17.9. The van der Waals surface area contributed by atoms with Crippen LogP contribution in [0.5, 0.6) is 11.8 Å². The molecule has 2 aliphatic heterocycles. The molecule has 12 heteroatoms. The second-order valence-electron chi connectivity index (χ2n) is 9.77. The molecule has 0 fully saturated rings. The number of rotatable bonds is 8. The first-order valence-corrected chi connectivity index (χ1v) is 12.5. The molecule has 39 heavy (non-hydrogen) atoms. The predicted octanol–water partition coefficient (Wildman–Crippen LogP) is 4.87. The monoisotopic (exact) mass is 543 g/mol. The molecule has 0 amide bonds. The van der Waals surface area contributed by atoms with Crippen LogP contribution in [0.4, 0.5) is 19.0 Å². The molecular weight excluding hydrogens is 515 g/mol. The standard InChI is InChI=1S/C27H28F3N5O4/c1-32(23-16-34-17-25(35(36)37)31-26(34)38-18-23)14-19-2-4-20(5-3-19)15-33-12-10-22(11-13-33)21-6-8-24(9-7-21)39-27(28,29)30/h2-10,17,23H,11-16,18H2,1H3/t23-/m0/s1. The maximum atomic E-state index is 12.4. The summed E-state index contributed by atoms with van der Waals surface area (Å²) in [5.41, 5.74) is 4.38. The van der Waals surface area contributed by atoms with Crippen LogP contribution in [0.3, 0.4) is 0 Å². The second-order valence-corrected chi connectivity index (χ2v) is 9.77. The van der Waals surface area contributed by atoms with Crippen LogP contribution in [0.25, 0.3) is 5.57 Å². The zero-order valence-electron chi connectivity index (χ0n) is 21.3. The number of ether oxygens (including phenoxy) is 2. The van der Waals surface area contributed by atoms with E-state index in [1.165, 1.54) is 23.9 Å². The molecule has 0 spiro atoms. The molecule has 0 saturated heterocycles. The van der Waals surface area contributed by atoms with Gasteiger partial charge < -0.3 is 19.6 Å². The minimum Gasteiger partial charge on any atom is -0.444 e. The largest absolute Gasteiger partial charge is 0.573 e. The quantitative estimate of drug-likeness (QED) is 0.296. The van der Waals surface area contributed by atoms with E-state index in [-0.39, 0.29) is 23.6 Å². The highest BCUT2D eigenvalue weighted by molar-refractivity contribution is 5.67. The summed E-state index contributed by atoms with van der Waals surface area (Å²) in [7, 11) is 2.01. The number of alkyl halides is 3. The molecule has 3 heterocycles. The number of nitro groups is 1. The Kier molecular flexibility index (Phi) is 7.58. The van der Waals surface area contributed by atoms with Crippen LogP contribution >= 0.6 is 0 Å². The third-order valence-corrected chi connectivity index (χ3v) is 6.96. The SMILES string of the molecule is CN(Cc1ccc(CN2CC=C(c3ccc(OC(F)(F)F)cc3)CC2)cc1)[C@@H]1COc2nc([N+](=O)[O-])cn2C1. The fourth-order valence-corrected chi connectivity index (χ4v) is 4.85. The summed E-state index contributed by atoms with van der Waals surface area (Å²) < 4.78 is 48.4. The van der Waals surface area contributed by atoms with Gasteiger partial charge in [-0.05, 0) is 52.8 Å². The van der Waals surface area contributed by atoms with Gasteiger partial charge in [0, 0.05) is 37.7 Å². The number of hydrogen-bond acceptors (Lipinski definition) is 7. The number of imidazole rings is 1. The van der Waals surface area contributed by atoms with Gasteiger partial charge in [0.15, 0.2) is 0 Å². The Morgan fingerprint density at radius 2 is 1.87 bits per heavy atom. The van der Waals surface area contributed by atoms with Gasteiger partial charge >= 0.3 is 18.2 Å². The van der Waals surface area contributed by atoms with Gasteiger partial charge in [-0.3, -0.25) is 14.4 Å². The smallest absolute Gasteiger partial charge is 0.444 e. The topological polar surface area (TPSA) is 85.9 Å². The first-order chi connectivity index (χ1) is 18.6. The van der Waals surface area contributed by atoms with Crippen molar-refractivity contribution < 1.29 is 27.6 Å². The summed E-state index contributed by atoms with van der Waals surface area (Å²) >= 11 is 0. The third kappa shape index (κ3) is 6.76. The van der Waals surface area contributed by atoms with E-state index in [9.17, 15) is 23.3 Å². The van der Waals surface area contributed by atoms with E-state index in [1.54, 1.807) is 16.7 Å². The van der Waals surface area contributed by atoms with Crippen molar-refractivity contribution >= 4 is 11.4 Å². The van der Waals surface area contributed by atoms with Crippen molar-refractivity contribution in [1.29, 1.82) is 0 Å². The molecule has 5 rings (SSSR count). The lowest BCUT2D eigenvalue weighted by molar-refractivity contribution is -0.389. The van der Waals surface area contributed by atoms with Gasteiger partial charge in [-0.25, -0.2) is 0 Å². The first-order valence-electron chi connectivity index (χ1n) is 12.5. The van der Waals surface area contributed by atoms with Crippen molar-refractivity contribution in [3.8, 4) is 11.8 Å². The second kappa shape index (κ2) is 11.1. The van der Waals surface area contributed by atoms with E-state index in [1.807, 2.05) is 7.05 Å². The third-order valence-electron chi connectivity index (χ3n) is 6.96. The van der Waals surface area contributed by atoms with Crippen molar-refractivity contribution in [3.63, 3.8) is 0 Å². The molecule has 0 bridgehead atoms. The van der Waals surface area contributed by atoms with Crippen molar-refractivity contribution in [2.75, 3.05) is 26.7 Å². The minimum absolute atomic E-state index is 0.0636. The number of nitrogens with zero attached hydrogens (tertiary/aromatic N) is 5. The fourth-order valence-electron chi connectivity index (χ4n) is 4.85. The van der Waals surface area contributed by atoms with Gasteiger partial charge in [0.05, 0.1) is 6.04 Å². The molecule has 2 aliphatic rings. The van der Waals surface area contributed by atoms with E-state index >= 15 is 0 Å². The van der Waals surface area contributed by atoms with Crippen molar-refractivity contribution in [2.45, 2.75) is 38.5 Å². The molecule has 0 saturated carbocycles. The maximum Gasteiger partial charge on any atom is 0.573 e. The van der Waals surface area contributed by atoms with Gasteiger partial charge in [0.1, 0.15) is 18.6 Å². The molecule has 0 radical (unpaired) electrons. The number of hydrogen-bond donors (Lipinski definition) is 0. The molecule has 3 aromatic rings. The highest BCUT2D eigenvalue weighted by atomic mass is 19.4. The van der Waals surface area contributed by atoms with E-state index in [4.69, 9.17) is 4.74 Å². The lowest BCUT2D eigenvalue weighted by Crippen LogP contribution is -2.42. The van der Waals surface area contributed by atoms with Crippen LogP contribution in [-0.4, -0.2) is 63.4 Å². The van der Waals surface area contributed by atoms with Gasteiger partial charge in [0.25, 0.3) is 0 Å². The average molecular weight is 544 g/mol. The molecule has 9 nitrogen and oxygen atoms in total. The number of fused-ring (bicyclic) bond motifs is 1. The van der Waals surface area contributed by atoms with Crippen molar-refractivity contribution in [1.82, 2.24) is 19.4 Å². The van der Waals surface area contributed by atoms with E-state index < -0.39 is 11.3 Å². The molecular formula is C27H28F3N5O4. The Hall–Kier alpha value is -3.90. The first kappa shape index (κ1) is 26.7. The maximum absolute atomic E-state index is 12.4. The zero-order valence-corrected chi connectivity index (χ0v) is 21.3. The summed E-state index contributed by atoms with van der Waals surface area (Å²) in [4.78, 5) is 18.8. The van der Waals surface area contributed by atoms with Crippen LogP contribution in [0.1, 0.15) is 23.1 Å². The summed E-state index contributed by atoms with van der Waals surface area (Å²) in [6, 6.07) is 14.8. The van der Waals surface area contributed by atoms with Gasteiger partial charge in [0.2, 0.25) is 0 Å². The Labute approximate surface area is 223 Å². The number of likely N-dealkylation sites (N-methyl/N-ethyl adjacent to an activating group) is 1. The highest BCUT2D eigenvalue weighted by Crippen LogP contribution is 2.28. The van der Waals surface area contributed by atoms with Crippen molar-refractivity contribution in [3.05, 3.63) is 87.6 Å². The van der Waals surface area contributed by atoms with Gasteiger partial charge in [-0.2, -0.15) is 0 Å². The Morgan fingerprint density at radius 1 is 1.15 bits per heavy atom. The number of halogens is 3. The van der Waals surface area contributed by atoms with Crippen LogP contribution in [0, 0.1) is 10.1 Å². The predicted molar refractivity (Wildman–Crippen MR) is 137 cm³/mol. The van der Waals surface area contributed by atoms with Gasteiger partial charge in [-0.1, -0.05) is 42.5 Å². The lowest BCUT2D eigenvalue weighted by atomic mass is 9.99. The molecule has 0 aliphatic carbocycles. The molecule has 0 N–H and O–H groups in total. The molecule has 1 atom stereocenters. The average Bonchev–Trinajstić information content (AvgIpc) is 3.34. The van der Waals surface area contributed by atoms with E-state index in [0.29, 0.717) is 19.7 Å². The van der Waals surface area contributed by atoms with Gasteiger partial charge in [-0.15, -0.1) is 13.2 Å². The summed E-state index contributed by atoms with van der Waals surface area (Å²) in [5.74, 6) is -0.428. The number of benzene rings is 2. The van der Waals surface area contributed by atoms with Crippen LogP contribution in [-0.2, 0) is 19.6 Å². The molecule has 0 unspecified atom stereocenters. The summed E-state index contributed by atoms with van der Waals surface area (Å²) in [6.07, 6.45) is -0.345.